The zero-order valence-corrected chi connectivity index (χ0v) is 13.6. The van der Waals surface area contributed by atoms with Crippen LogP contribution < -0.4 is 5.56 Å². The topological polar surface area (TPSA) is 57.9 Å². The van der Waals surface area contributed by atoms with Crippen LogP contribution in [0.5, 0.6) is 0 Å². The van der Waals surface area contributed by atoms with E-state index in [0.717, 1.165) is 19.6 Å². The molecule has 122 valence electrons. The van der Waals surface area contributed by atoms with E-state index in [-0.39, 0.29) is 17.0 Å². The zero-order valence-electron chi connectivity index (χ0n) is 13.6. The maximum atomic E-state index is 12.6. The van der Waals surface area contributed by atoms with Crippen molar-refractivity contribution in [1.82, 2.24) is 19.2 Å². The lowest BCUT2D eigenvalue weighted by Gasteiger charge is -2.35. The van der Waals surface area contributed by atoms with Gasteiger partial charge in [0.15, 0.2) is 0 Å². The molecule has 1 aliphatic rings. The van der Waals surface area contributed by atoms with Crippen molar-refractivity contribution < 1.29 is 4.79 Å². The van der Waals surface area contributed by atoms with Gasteiger partial charge in [-0.25, -0.2) is 4.98 Å². The van der Waals surface area contributed by atoms with Crippen LogP contribution in [0.15, 0.2) is 35.4 Å². The molecule has 6 nitrogen and oxygen atoms in total. The van der Waals surface area contributed by atoms with Gasteiger partial charge in [0.05, 0.1) is 0 Å². The summed E-state index contributed by atoms with van der Waals surface area (Å²) in [5, 5.41) is 0. The van der Waals surface area contributed by atoms with Gasteiger partial charge in [-0.3, -0.25) is 18.9 Å². The molecule has 0 bridgehead atoms. The summed E-state index contributed by atoms with van der Waals surface area (Å²) in [6.45, 7) is 8.45. The van der Waals surface area contributed by atoms with Crippen molar-refractivity contribution in [3.63, 3.8) is 0 Å². The van der Waals surface area contributed by atoms with Crippen LogP contribution in [-0.2, 0) is 0 Å². The monoisotopic (exact) mass is 314 g/mol. The van der Waals surface area contributed by atoms with Crippen LogP contribution in [0.25, 0.3) is 5.65 Å². The molecule has 3 rings (SSSR count). The van der Waals surface area contributed by atoms with Crippen molar-refractivity contribution in [3.8, 4) is 0 Å². The number of amides is 1. The van der Waals surface area contributed by atoms with Gasteiger partial charge in [-0.05, 0) is 18.1 Å². The molecule has 3 heterocycles. The Morgan fingerprint density at radius 1 is 1.22 bits per heavy atom. The van der Waals surface area contributed by atoms with Crippen molar-refractivity contribution in [2.45, 2.75) is 13.8 Å². The second kappa shape index (κ2) is 6.50. The summed E-state index contributed by atoms with van der Waals surface area (Å²) >= 11 is 0. The van der Waals surface area contributed by atoms with E-state index in [1.165, 1.54) is 10.6 Å². The Bertz CT molecular complexity index is 761. The average molecular weight is 314 g/mol. The third kappa shape index (κ3) is 3.27. The first kappa shape index (κ1) is 15.7. The molecule has 23 heavy (non-hydrogen) atoms. The molecular formula is C17H22N4O2. The fourth-order valence-corrected chi connectivity index (χ4v) is 2.99. The molecule has 1 saturated heterocycles. The van der Waals surface area contributed by atoms with Gasteiger partial charge >= 0.3 is 0 Å². The van der Waals surface area contributed by atoms with E-state index < -0.39 is 0 Å². The van der Waals surface area contributed by atoms with Crippen molar-refractivity contribution in [3.05, 3.63) is 46.5 Å². The molecule has 2 aromatic heterocycles. The maximum Gasteiger partial charge on any atom is 0.270 e. The predicted octanol–water partition coefficient (Wildman–Crippen LogP) is 1.11. The number of rotatable bonds is 3. The number of carbonyl (C=O) groups is 1. The molecular weight excluding hydrogens is 292 g/mol. The predicted molar refractivity (Wildman–Crippen MR) is 88.6 cm³/mol. The highest BCUT2D eigenvalue weighted by Crippen LogP contribution is 2.08. The number of fused-ring (bicyclic) bond motifs is 1. The number of hydrogen-bond donors (Lipinski definition) is 0. The zero-order chi connectivity index (χ0) is 16.4. The number of carbonyl (C=O) groups excluding carboxylic acids is 1. The Morgan fingerprint density at radius 3 is 2.65 bits per heavy atom. The summed E-state index contributed by atoms with van der Waals surface area (Å²) in [7, 11) is 0. The Hall–Kier alpha value is -2.21. The second-order valence-corrected chi connectivity index (χ2v) is 6.39. The minimum atomic E-state index is -0.301. The lowest BCUT2D eigenvalue weighted by Crippen LogP contribution is -2.50. The molecule has 1 aliphatic heterocycles. The second-order valence-electron chi connectivity index (χ2n) is 6.39. The fraction of sp³-hybridized carbons (Fsp3) is 0.471. The molecule has 0 atom stereocenters. The third-order valence-corrected chi connectivity index (χ3v) is 4.13. The molecule has 6 heteroatoms. The molecule has 0 aliphatic carbocycles. The van der Waals surface area contributed by atoms with Gasteiger partial charge in [0.2, 0.25) is 0 Å². The molecule has 0 radical (unpaired) electrons. The molecule has 0 spiro atoms. The number of piperazine rings is 1. The van der Waals surface area contributed by atoms with Crippen molar-refractivity contribution in [1.29, 1.82) is 0 Å². The van der Waals surface area contributed by atoms with Gasteiger partial charge in [-0.1, -0.05) is 19.9 Å². The minimum Gasteiger partial charge on any atom is -0.336 e. The molecule has 0 unspecified atom stereocenters. The van der Waals surface area contributed by atoms with E-state index in [9.17, 15) is 9.59 Å². The first-order valence-electron chi connectivity index (χ1n) is 8.04. The van der Waals surface area contributed by atoms with E-state index in [4.69, 9.17) is 0 Å². The van der Waals surface area contributed by atoms with Gasteiger partial charge in [-0.2, -0.15) is 0 Å². The highest BCUT2D eigenvalue weighted by molar-refractivity contribution is 5.93. The van der Waals surface area contributed by atoms with Crippen molar-refractivity contribution in [2.24, 2.45) is 5.92 Å². The summed E-state index contributed by atoms with van der Waals surface area (Å²) in [6.07, 6.45) is 3.04. The molecule has 1 amide bonds. The number of aromatic nitrogens is 2. The smallest absolute Gasteiger partial charge is 0.270 e. The first-order chi connectivity index (χ1) is 11.1. The van der Waals surface area contributed by atoms with Crippen LogP contribution >= 0.6 is 0 Å². The number of pyridine rings is 1. The van der Waals surface area contributed by atoms with Gasteiger partial charge < -0.3 is 4.90 Å². The van der Waals surface area contributed by atoms with Crippen molar-refractivity contribution in [2.75, 3.05) is 32.7 Å². The van der Waals surface area contributed by atoms with Gasteiger partial charge in [0.25, 0.3) is 11.5 Å². The normalized spacial score (nSPS) is 16.2. The van der Waals surface area contributed by atoms with E-state index in [1.54, 1.807) is 23.2 Å². The fourth-order valence-electron chi connectivity index (χ4n) is 2.99. The molecule has 0 aromatic carbocycles. The minimum absolute atomic E-state index is 0.144. The summed E-state index contributed by atoms with van der Waals surface area (Å²) < 4.78 is 1.42. The summed E-state index contributed by atoms with van der Waals surface area (Å²) in [5.41, 5.74) is 0.395. The lowest BCUT2D eigenvalue weighted by molar-refractivity contribution is 0.0621. The average Bonchev–Trinajstić information content (AvgIpc) is 2.55. The van der Waals surface area contributed by atoms with Crippen molar-refractivity contribution >= 4 is 11.6 Å². The molecule has 2 aromatic rings. The molecule has 0 saturated carbocycles. The standard InChI is InChI=1S/C17H22N4O2/c1-13(2)12-19-7-9-20(10-8-19)16(22)14-11-18-15-5-3-4-6-21(15)17(14)23/h3-6,11,13H,7-10,12H2,1-2H3. The summed E-state index contributed by atoms with van der Waals surface area (Å²) in [5.74, 6) is 0.400. The van der Waals surface area contributed by atoms with E-state index in [2.05, 4.69) is 23.7 Å². The summed E-state index contributed by atoms with van der Waals surface area (Å²) in [6, 6.07) is 5.33. The van der Waals surface area contributed by atoms with Crippen LogP contribution in [0, 0.1) is 5.92 Å². The van der Waals surface area contributed by atoms with Crippen LogP contribution in [0.1, 0.15) is 24.2 Å². The molecule has 1 fully saturated rings. The Morgan fingerprint density at radius 2 is 1.96 bits per heavy atom. The van der Waals surface area contributed by atoms with Crippen LogP contribution in [0.4, 0.5) is 0 Å². The van der Waals surface area contributed by atoms with E-state index >= 15 is 0 Å². The SMILES string of the molecule is CC(C)CN1CCN(C(=O)c2cnc3ccccn3c2=O)CC1. The van der Waals surface area contributed by atoms with Crippen LogP contribution in [0.2, 0.25) is 0 Å². The maximum absolute atomic E-state index is 12.6. The van der Waals surface area contributed by atoms with E-state index in [0.29, 0.717) is 24.7 Å². The van der Waals surface area contributed by atoms with Gasteiger partial charge in [0, 0.05) is 45.1 Å². The third-order valence-electron chi connectivity index (χ3n) is 4.13. The quantitative estimate of drug-likeness (QED) is 0.851. The highest BCUT2D eigenvalue weighted by Gasteiger charge is 2.24. The van der Waals surface area contributed by atoms with Crippen LogP contribution in [-0.4, -0.2) is 57.8 Å². The summed E-state index contributed by atoms with van der Waals surface area (Å²) in [4.78, 5) is 33.5. The van der Waals surface area contributed by atoms with Crippen LogP contribution in [0.3, 0.4) is 0 Å². The van der Waals surface area contributed by atoms with Gasteiger partial charge in [-0.15, -0.1) is 0 Å². The largest absolute Gasteiger partial charge is 0.336 e. The number of nitrogens with zero attached hydrogens (tertiary/aromatic N) is 4. The van der Waals surface area contributed by atoms with Gasteiger partial charge in [0.1, 0.15) is 11.2 Å². The van der Waals surface area contributed by atoms with E-state index in [1.807, 2.05) is 6.07 Å². The Labute approximate surface area is 135 Å². The Balaban J connectivity index is 1.77. The highest BCUT2D eigenvalue weighted by atomic mass is 16.2. The lowest BCUT2D eigenvalue weighted by atomic mass is 10.2. The first-order valence-corrected chi connectivity index (χ1v) is 8.04. The Kier molecular flexibility index (Phi) is 4.43. The molecule has 0 N–H and O–H groups in total. The number of hydrogen-bond acceptors (Lipinski definition) is 4.